The molecular weight excluding hydrogens is 759 g/mol. The van der Waals surface area contributed by atoms with Crippen molar-refractivity contribution >= 4 is 44.9 Å². The zero-order chi connectivity index (χ0) is 41.8. The number of anilines is 4. The van der Waals surface area contributed by atoms with Crippen LogP contribution in [0.15, 0.2) is 109 Å². The van der Waals surface area contributed by atoms with Crippen molar-refractivity contribution in [3.8, 4) is 11.5 Å². The van der Waals surface area contributed by atoms with Crippen LogP contribution >= 0.6 is 0 Å². The lowest BCUT2D eigenvalue weighted by atomic mass is 9.98. The minimum atomic E-state index is 0.321. The fourth-order valence-corrected chi connectivity index (χ4v) is 8.90. The van der Waals surface area contributed by atoms with Crippen LogP contribution in [0.2, 0.25) is 0 Å². The standard InChI is InChI=1S/C48H57N9O2.C2H6/c1-58-45-32-41-44(33-46(45)59-35-37-17-23-54(24-18-37)27-22-50-43-16-21-49-42-15-9-8-14-40(42)43)52-48(57-30-28-56(29-31-57)39-12-6-3-7-13-39)53-47(41)51-38-19-25-55(26-20-38)34-36-10-4-2-5-11-36;1-2/h2-16,21,32-33,37-38H,17-20,22-31,34-35H2,1H3,(H,49,50)(H,51,52,53);1-2H3. The summed E-state index contributed by atoms with van der Waals surface area (Å²) in [5.74, 6) is 3.59. The summed E-state index contributed by atoms with van der Waals surface area (Å²) in [4.78, 5) is 24.9. The van der Waals surface area contributed by atoms with E-state index in [1.165, 1.54) is 16.6 Å². The summed E-state index contributed by atoms with van der Waals surface area (Å²) in [7, 11) is 1.73. The molecule has 2 N–H and O–H groups in total. The lowest BCUT2D eigenvalue weighted by molar-refractivity contribution is 0.143. The molecule has 3 saturated heterocycles. The monoisotopic (exact) mass is 822 g/mol. The average molecular weight is 822 g/mol. The lowest BCUT2D eigenvalue weighted by Gasteiger charge is -2.36. The summed E-state index contributed by atoms with van der Waals surface area (Å²) in [5.41, 5.74) is 5.68. The Morgan fingerprint density at radius 1 is 0.656 bits per heavy atom. The number of ether oxygens (including phenoxy) is 2. The normalized spacial score (nSPS) is 16.9. The molecule has 0 aliphatic carbocycles. The summed E-state index contributed by atoms with van der Waals surface area (Å²) in [6.07, 6.45) is 6.20. The van der Waals surface area contributed by atoms with Crippen LogP contribution in [-0.2, 0) is 6.54 Å². The second-order valence-electron chi connectivity index (χ2n) is 16.3. The summed E-state index contributed by atoms with van der Waals surface area (Å²) < 4.78 is 12.6. The van der Waals surface area contributed by atoms with Crippen LogP contribution in [0.4, 0.5) is 23.1 Å². The molecule has 320 valence electrons. The van der Waals surface area contributed by atoms with Crippen molar-refractivity contribution in [2.75, 3.05) is 99.6 Å². The van der Waals surface area contributed by atoms with Gasteiger partial charge in [-0.05, 0) is 80.6 Å². The summed E-state index contributed by atoms with van der Waals surface area (Å²) >= 11 is 0. The Labute approximate surface area is 362 Å². The molecule has 0 unspecified atom stereocenters. The number of piperidine rings is 2. The van der Waals surface area contributed by atoms with Crippen molar-refractivity contribution < 1.29 is 9.47 Å². The smallest absolute Gasteiger partial charge is 0.228 e. The van der Waals surface area contributed by atoms with Crippen molar-refractivity contribution in [3.63, 3.8) is 0 Å². The van der Waals surface area contributed by atoms with Gasteiger partial charge in [0.2, 0.25) is 5.95 Å². The molecular formula is C50H63N9O2. The largest absolute Gasteiger partial charge is 0.493 e. The molecule has 11 nitrogen and oxygen atoms in total. The molecule has 0 spiro atoms. The molecule has 9 rings (SSSR count). The first-order valence-electron chi connectivity index (χ1n) is 22.6. The molecule has 0 bridgehead atoms. The Bertz CT molecular complexity index is 2270. The second kappa shape index (κ2) is 20.7. The molecule has 6 aromatic rings. The number of hydrogen-bond donors (Lipinski definition) is 2. The predicted octanol–water partition coefficient (Wildman–Crippen LogP) is 8.82. The highest BCUT2D eigenvalue weighted by Gasteiger charge is 2.26. The zero-order valence-electron chi connectivity index (χ0n) is 36.3. The van der Waals surface area contributed by atoms with E-state index in [2.05, 4.69) is 132 Å². The van der Waals surface area contributed by atoms with Gasteiger partial charge in [-0.15, -0.1) is 0 Å². The Hall–Kier alpha value is -5.65. The first-order chi connectivity index (χ1) is 30.1. The third kappa shape index (κ3) is 10.6. The number of likely N-dealkylation sites (tertiary alicyclic amines) is 2. The lowest BCUT2D eigenvalue weighted by Crippen LogP contribution is -2.47. The van der Waals surface area contributed by atoms with Crippen molar-refractivity contribution in [1.82, 2.24) is 24.8 Å². The van der Waals surface area contributed by atoms with Crippen LogP contribution in [0.1, 0.15) is 45.1 Å². The van der Waals surface area contributed by atoms with Gasteiger partial charge in [0.15, 0.2) is 11.5 Å². The first kappa shape index (κ1) is 42.1. The number of benzene rings is 4. The highest BCUT2D eigenvalue weighted by atomic mass is 16.5. The second-order valence-corrected chi connectivity index (χ2v) is 16.3. The van der Waals surface area contributed by atoms with E-state index < -0.39 is 0 Å². The van der Waals surface area contributed by atoms with Gasteiger partial charge >= 0.3 is 0 Å². The van der Waals surface area contributed by atoms with Crippen LogP contribution in [0, 0.1) is 5.92 Å². The van der Waals surface area contributed by atoms with E-state index in [9.17, 15) is 0 Å². The van der Waals surface area contributed by atoms with Gasteiger partial charge in [-0.3, -0.25) is 9.88 Å². The molecule has 3 aliphatic heterocycles. The Balaban J connectivity index is 0.00000253. The molecule has 11 heteroatoms. The van der Waals surface area contributed by atoms with Gasteiger partial charge in [0.1, 0.15) is 5.82 Å². The number of para-hydroxylation sites is 2. The topological polar surface area (TPSA) is 94.2 Å². The number of aromatic nitrogens is 3. The van der Waals surface area contributed by atoms with Crippen molar-refractivity contribution in [2.45, 2.75) is 52.1 Å². The summed E-state index contributed by atoms with van der Waals surface area (Å²) in [6, 6.07) is 36.3. The number of piperazine rings is 1. The summed E-state index contributed by atoms with van der Waals surface area (Å²) in [6.45, 7) is 15.3. The zero-order valence-corrected chi connectivity index (χ0v) is 36.3. The van der Waals surface area contributed by atoms with E-state index in [1.807, 2.05) is 26.1 Å². The van der Waals surface area contributed by atoms with E-state index in [0.717, 1.165) is 143 Å². The fraction of sp³-hybridized carbons (Fsp3) is 0.420. The van der Waals surface area contributed by atoms with E-state index in [1.54, 1.807) is 7.11 Å². The number of rotatable bonds is 14. The predicted molar refractivity (Wildman–Crippen MR) is 252 cm³/mol. The van der Waals surface area contributed by atoms with E-state index in [0.29, 0.717) is 18.6 Å². The SMILES string of the molecule is CC.COc1cc2c(NC3CCN(Cc4ccccc4)CC3)nc(N3CCN(c4ccccc4)CC3)nc2cc1OCC1CCN(CCNc2ccnc3ccccc23)CC1. The Kier molecular flexibility index (Phi) is 14.3. The maximum atomic E-state index is 6.62. The first-order valence-corrected chi connectivity index (χ1v) is 22.6. The molecule has 0 radical (unpaired) electrons. The van der Waals surface area contributed by atoms with Crippen molar-refractivity contribution in [1.29, 1.82) is 0 Å². The minimum Gasteiger partial charge on any atom is -0.493 e. The van der Waals surface area contributed by atoms with Crippen LogP contribution in [0.25, 0.3) is 21.8 Å². The molecule has 2 aromatic heterocycles. The molecule has 5 heterocycles. The van der Waals surface area contributed by atoms with E-state index >= 15 is 0 Å². The molecule has 3 aliphatic rings. The molecule has 0 amide bonds. The molecule has 61 heavy (non-hydrogen) atoms. The third-order valence-corrected chi connectivity index (χ3v) is 12.4. The van der Waals surface area contributed by atoms with Gasteiger partial charge in [-0.25, -0.2) is 4.98 Å². The van der Waals surface area contributed by atoms with E-state index in [4.69, 9.17) is 19.4 Å². The number of nitrogens with one attached hydrogen (secondary N) is 2. The van der Waals surface area contributed by atoms with Gasteiger partial charge in [0.05, 0.1) is 24.8 Å². The minimum absolute atomic E-state index is 0.321. The van der Waals surface area contributed by atoms with Gasteiger partial charge in [-0.1, -0.05) is 80.6 Å². The van der Waals surface area contributed by atoms with Crippen molar-refractivity contribution in [2.24, 2.45) is 5.92 Å². The Morgan fingerprint density at radius 3 is 2.10 bits per heavy atom. The quantitative estimate of drug-likeness (QED) is 0.110. The van der Waals surface area contributed by atoms with Crippen LogP contribution < -0.4 is 29.9 Å². The number of methoxy groups -OCH3 is 1. The maximum absolute atomic E-state index is 6.62. The maximum Gasteiger partial charge on any atom is 0.228 e. The number of nitrogens with zero attached hydrogens (tertiary/aromatic N) is 7. The van der Waals surface area contributed by atoms with Gasteiger partial charge in [0, 0.05) is 99.4 Å². The highest BCUT2D eigenvalue weighted by Crippen LogP contribution is 2.37. The number of hydrogen-bond acceptors (Lipinski definition) is 11. The molecule has 0 atom stereocenters. The number of pyridine rings is 1. The van der Waals surface area contributed by atoms with Crippen LogP contribution in [0.5, 0.6) is 11.5 Å². The number of fused-ring (bicyclic) bond motifs is 2. The molecule has 3 fully saturated rings. The highest BCUT2D eigenvalue weighted by molar-refractivity contribution is 5.93. The fourth-order valence-electron chi connectivity index (χ4n) is 8.90. The van der Waals surface area contributed by atoms with Gasteiger partial charge in [-0.2, -0.15) is 4.98 Å². The van der Waals surface area contributed by atoms with Crippen LogP contribution in [0.3, 0.4) is 0 Å². The van der Waals surface area contributed by atoms with Gasteiger partial charge in [0.25, 0.3) is 0 Å². The molecule has 4 aromatic carbocycles. The summed E-state index contributed by atoms with van der Waals surface area (Å²) in [5, 5.41) is 9.67. The van der Waals surface area contributed by atoms with E-state index in [-0.39, 0.29) is 0 Å². The third-order valence-electron chi connectivity index (χ3n) is 12.4. The van der Waals surface area contributed by atoms with Crippen molar-refractivity contribution in [3.05, 3.63) is 115 Å². The van der Waals surface area contributed by atoms with Gasteiger partial charge < -0.3 is 34.8 Å². The Morgan fingerprint density at radius 2 is 1.34 bits per heavy atom. The van der Waals surface area contributed by atoms with Crippen LogP contribution in [-0.4, -0.2) is 110 Å². The molecule has 0 saturated carbocycles. The average Bonchev–Trinajstić information content (AvgIpc) is 3.33.